The summed E-state index contributed by atoms with van der Waals surface area (Å²) in [5, 5.41) is 10.8. The molecule has 0 amide bonds. The predicted molar refractivity (Wildman–Crippen MR) is 101 cm³/mol. The van der Waals surface area contributed by atoms with Crippen molar-refractivity contribution in [1.29, 1.82) is 0 Å². The topological polar surface area (TPSA) is 42.2 Å². The van der Waals surface area contributed by atoms with Crippen LogP contribution < -0.4 is 0 Å². The van der Waals surface area contributed by atoms with Gasteiger partial charge in [-0.25, -0.2) is 4.79 Å². The number of carbonyl (C=O) groups is 1. The van der Waals surface area contributed by atoms with Crippen LogP contribution in [0.25, 0.3) is 10.9 Å². The molecule has 1 heterocycles. The maximum atomic E-state index is 11.8. The van der Waals surface area contributed by atoms with Crippen LogP contribution in [0.3, 0.4) is 0 Å². The van der Waals surface area contributed by atoms with Crippen molar-refractivity contribution in [3.63, 3.8) is 0 Å². The number of rotatable bonds is 3. The monoisotopic (exact) mass is 333 g/mol. The van der Waals surface area contributed by atoms with E-state index in [1.54, 1.807) is 6.07 Å². The molecule has 25 heavy (non-hydrogen) atoms. The van der Waals surface area contributed by atoms with E-state index in [0.29, 0.717) is 5.56 Å². The largest absolute Gasteiger partial charge is 0.478 e. The van der Waals surface area contributed by atoms with Gasteiger partial charge in [-0.05, 0) is 62.3 Å². The Bertz CT molecular complexity index is 981. The number of hydrogen-bond acceptors (Lipinski definition) is 1. The molecule has 0 saturated carbocycles. The summed E-state index contributed by atoms with van der Waals surface area (Å²) in [6.45, 7) is 4.98. The third-order valence-corrected chi connectivity index (χ3v) is 5.45. The Morgan fingerprint density at radius 1 is 1.12 bits per heavy atom. The molecule has 128 valence electrons. The number of nitrogens with zero attached hydrogens (tertiary/aromatic N) is 1. The zero-order valence-electron chi connectivity index (χ0n) is 14.8. The summed E-state index contributed by atoms with van der Waals surface area (Å²) in [4.78, 5) is 11.8. The van der Waals surface area contributed by atoms with Crippen molar-refractivity contribution in [1.82, 2.24) is 4.57 Å². The molecule has 0 saturated heterocycles. The minimum atomic E-state index is -0.845. The first-order valence-corrected chi connectivity index (χ1v) is 8.98. The van der Waals surface area contributed by atoms with Crippen LogP contribution in [0.15, 0.2) is 36.4 Å². The van der Waals surface area contributed by atoms with E-state index in [4.69, 9.17) is 0 Å². The Hall–Kier alpha value is -2.55. The van der Waals surface area contributed by atoms with E-state index in [2.05, 4.69) is 42.7 Å². The zero-order valence-corrected chi connectivity index (χ0v) is 14.8. The molecule has 0 aliphatic heterocycles. The number of fused-ring (bicyclic) bond motifs is 3. The second kappa shape index (κ2) is 6.07. The van der Waals surface area contributed by atoms with E-state index in [0.717, 1.165) is 30.3 Å². The van der Waals surface area contributed by atoms with E-state index < -0.39 is 5.97 Å². The third kappa shape index (κ3) is 2.64. The predicted octanol–water partition coefficient (Wildman–Crippen LogP) is 4.88. The van der Waals surface area contributed by atoms with Gasteiger partial charge >= 0.3 is 5.97 Å². The molecule has 1 aromatic heterocycles. The van der Waals surface area contributed by atoms with Crippen LogP contribution in [-0.4, -0.2) is 15.6 Å². The molecule has 2 aromatic carbocycles. The minimum Gasteiger partial charge on any atom is -0.478 e. The summed E-state index contributed by atoms with van der Waals surface area (Å²) in [6, 6.07) is 12.2. The molecule has 1 N–H and O–H groups in total. The maximum Gasteiger partial charge on any atom is 0.337 e. The van der Waals surface area contributed by atoms with Crippen molar-refractivity contribution >= 4 is 16.9 Å². The molecule has 0 spiro atoms. The fourth-order valence-corrected chi connectivity index (χ4v) is 4.23. The number of hydrogen-bond donors (Lipinski definition) is 1. The van der Waals surface area contributed by atoms with Gasteiger partial charge in [0.15, 0.2) is 0 Å². The molecule has 0 unspecified atom stereocenters. The first-order valence-electron chi connectivity index (χ1n) is 8.98. The van der Waals surface area contributed by atoms with Crippen molar-refractivity contribution in [2.24, 2.45) is 0 Å². The molecule has 3 nitrogen and oxygen atoms in total. The number of aromatic nitrogens is 1. The Labute approximate surface area is 147 Å². The third-order valence-electron chi connectivity index (χ3n) is 5.45. The van der Waals surface area contributed by atoms with Crippen LogP contribution in [0.5, 0.6) is 0 Å². The van der Waals surface area contributed by atoms with Crippen LogP contribution >= 0.6 is 0 Å². The fourth-order valence-electron chi connectivity index (χ4n) is 4.23. The zero-order chi connectivity index (χ0) is 17.6. The molecule has 0 radical (unpaired) electrons. The lowest BCUT2D eigenvalue weighted by Gasteiger charge is -2.17. The van der Waals surface area contributed by atoms with Gasteiger partial charge in [-0.2, -0.15) is 0 Å². The molecule has 0 bridgehead atoms. The summed E-state index contributed by atoms with van der Waals surface area (Å²) in [5.41, 5.74) is 7.77. The van der Waals surface area contributed by atoms with Crippen molar-refractivity contribution in [2.45, 2.75) is 46.1 Å². The van der Waals surface area contributed by atoms with Crippen molar-refractivity contribution in [3.05, 3.63) is 69.9 Å². The summed E-state index contributed by atoms with van der Waals surface area (Å²) >= 11 is 0. The summed E-state index contributed by atoms with van der Waals surface area (Å²) in [6.07, 6.45) is 4.45. The highest BCUT2D eigenvalue weighted by Crippen LogP contribution is 2.35. The molecule has 1 aliphatic carbocycles. The van der Waals surface area contributed by atoms with Gasteiger partial charge in [-0.1, -0.05) is 35.9 Å². The Morgan fingerprint density at radius 2 is 1.92 bits per heavy atom. The number of carboxylic acids is 1. The van der Waals surface area contributed by atoms with Gasteiger partial charge < -0.3 is 9.67 Å². The molecule has 0 atom stereocenters. The number of benzene rings is 2. The summed E-state index contributed by atoms with van der Waals surface area (Å²) < 4.78 is 2.27. The highest BCUT2D eigenvalue weighted by atomic mass is 16.4. The average Bonchev–Trinajstić information content (AvgIpc) is 2.91. The summed E-state index contributed by atoms with van der Waals surface area (Å²) in [5.74, 6) is -0.845. The Morgan fingerprint density at radius 3 is 2.68 bits per heavy atom. The molecular formula is C22H23NO2. The van der Waals surface area contributed by atoms with Crippen LogP contribution in [-0.2, 0) is 19.4 Å². The van der Waals surface area contributed by atoms with Crippen LogP contribution in [0.1, 0.15) is 51.1 Å². The van der Waals surface area contributed by atoms with E-state index in [-0.39, 0.29) is 0 Å². The first kappa shape index (κ1) is 15.9. The lowest BCUT2D eigenvalue weighted by molar-refractivity contribution is 0.0698. The van der Waals surface area contributed by atoms with Crippen molar-refractivity contribution < 1.29 is 9.90 Å². The molecule has 0 fully saturated rings. The van der Waals surface area contributed by atoms with Crippen LogP contribution in [0, 0.1) is 13.8 Å². The highest BCUT2D eigenvalue weighted by molar-refractivity contribution is 6.04. The van der Waals surface area contributed by atoms with Gasteiger partial charge in [0, 0.05) is 17.6 Å². The van der Waals surface area contributed by atoms with Gasteiger partial charge in [0.2, 0.25) is 0 Å². The Balaban J connectivity index is 1.96. The van der Waals surface area contributed by atoms with Gasteiger partial charge in [0.25, 0.3) is 0 Å². The number of aromatic carboxylic acids is 1. The van der Waals surface area contributed by atoms with Crippen LogP contribution in [0.4, 0.5) is 0 Å². The van der Waals surface area contributed by atoms with E-state index in [9.17, 15) is 9.90 Å². The van der Waals surface area contributed by atoms with Gasteiger partial charge in [-0.3, -0.25) is 0 Å². The smallest absolute Gasteiger partial charge is 0.337 e. The maximum absolute atomic E-state index is 11.8. The number of carboxylic acid groups (broad SMARTS) is 1. The van der Waals surface area contributed by atoms with E-state index in [1.807, 2.05) is 6.07 Å². The average molecular weight is 333 g/mol. The molecule has 1 aliphatic rings. The first-order chi connectivity index (χ1) is 12.1. The lowest BCUT2D eigenvalue weighted by atomic mass is 9.95. The molecule has 3 aromatic rings. The quantitative estimate of drug-likeness (QED) is 0.742. The SMILES string of the molecule is Cc1ccc(Cn2c3c(c4cccc(C(=O)O)c42)CCCC3)c(C)c1. The van der Waals surface area contributed by atoms with Gasteiger partial charge in [0.1, 0.15) is 0 Å². The highest BCUT2D eigenvalue weighted by Gasteiger charge is 2.23. The standard InChI is InChI=1S/C22H23NO2/c1-14-10-11-16(15(2)12-14)13-23-20-9-4-3-6-17(20)18-7-5-8-19(21(18)23)22(24)25/h5,7-8,10-12H,3-4,6,9,13H2,1-2H3,(H,24,25). The van der Waals surface area contributed by atoms with Crippen molar-refractivity contribution in [2.75, 3.05) is 0 Å². The van der Waals surface area contributed by atoms with Crippen LogP contribution in [0.2, 0.25) is 0 Å². The van der Waals surface area contributed by atoms with Gasteiger partial charge in [0.05, 0.1) is 11.1 Å². The van der Waals surface area contributed by atoms with E-state index in [1.165, 1.54) is 40.8 Å². The molecule has 4 rings (SSSR count). The molecular weight excluding hydrogens is 310 g/mol. The van der Waals surface area contributed by atoms with Gasteiger partial charge in [-0.15, -0.1) is 0 Å². The fraction of sp³-hybridized carbons (Fsp3) is 0.318. The normalized spacial score (nSPS) is 13.8. The second-order valence-corrected chi connectivity index (χ2v) is 7.16. The minimum absolute atomic E-state index is 0.414. The second-order valence-electron chi connectivity index (χ2n) is 7.16. The lowest BCUT2D eigenvalue weighted by Crippen LogP contribution is -2.11. The number of aryl methyl sites for hydroxylation is 3. The molecule has 3 heteroatoms. The van der Waals surface area contributed by atoms with Crippen molar-refractivity contribution in [3.8, 4) is 0 Å². The summed E-state index contributed by atoms with van der Waals surface area (Å²) in [7, 11) is 0. The Kier molecular flexibility index (Phi) is 3.87. The van der Waals surface area contributed by atoms with E-state index >= 15 is 0 Å². The number of para-hydroxylation sites is 1.